The van der Waals surface area contributed by atoms with E-state index in [0.717, 1.165) is 13.0 Å². The summed E-state index contributed by atoms with van der Waals surface area (Å²) < 4.78 is 10.6. The summed E-state index contributed by atoms with van der Waals surface area (Å²) in [7, 11) is 1.62. The molecule has 0 fully saturated rings. The Bertz CT molecular complexity index is 288. The van der Waals surface area contributed by atoms with Gasteiger partial charge in [-0.05, 0) is 19.9 Å². The van der Waals surface area contributed by atoms with Gasteiger partial charge in [-0.1, -0.05) is 13.8 Å². The molecule has 86 valence electrons. The summed E-state index contributed by atoms with van der Waals surface area (Å²) >= 11 is 0. The molecule has 1 N–H and O–H groups in total. The van der Waals surface area contributed by atoms with E-state index < -0.39 is 0 Å². The third-order valence-corrected chi connectivity index (χ3v) is 2.31. The van der Waals surface area contributed by atoms with Crippen molar-refractivity contribution in [1.82, 2.24) is 15.5 Å². The quantitative estimate of drug-likeness (QED) is 0.781. The Kier molecular flexibility index (Phi) is 4.71. The number of nitrogens with one attached hydrogen (secondary N) is 1. The summed E-state index contributed by atoms with van der Waals surface area (Å²) in [5.74, 6) is 1.17. The minimum absolute atomic E-state index is 0.139. The van der Waals surface area contributed by atoms with Crippen molar-refractivity contribution in [2.75, 3.05) is 13.7 Å². The molecular weight excluding hydrogens is 194 g/mol. The van der Waals surface area contributed by atoms with Gasteiger partial charge < -0.3 is 14.5 Å². The van der Waals surface area contributed by atoms with Crippen LogP contribution in [0.5, 0.6) is 0 Å². The van der Waals surface area contributed by atoms with Crippen molar-refractivity contribution in [3.05, 3.63) is 11.8 Å². The number of hydrogen-bond donors (Lipinski definition) is 1. The highest BCUT2D eigenvalue weighted by Crippen LogP contribution is 2.19. The maximum Gasteiger partial charge on any atom is 0.244 e. The fourth-order valence-corrected chi connectivity index (χ4v) is 1.31. The Morgan fingerprint density at radius 2 is 2.00 bits per heavy atom. The number of rotatable bonds is 6. The Labute approximate surface area is 90.2 Å². The van der Waals surface area contributed by atoms with E-state index in [1.165, 1.54) is 0 Å². The fraction of sp³-hybridized carbons (Fsp3) is 0.800. The van der Waals surface area contributed by atoms with Crippen molar-refractivity contribution >= 4 is 0 Å². The average molecular weight is 213 g/mol. The zero-order valence-electron chi connectivity index (χ0n) is 9.78. The molecule has 0 saturated carbocycles. The van der Waals surface area contributed by atoms with E-state index in [0.29, 0.717) is 11.8 Å². The van der Waals surface area contributed by atoms with E-state index in [2.05, 4.69) is 29.4 Å². The van der Waals surface area contributed by atoms with Crippen LogP contribution in [0, 0.1) is 0 Å². The standard InChI is InChI=1S/C10H19N3O2/c1-5-8(11-6-2)10-13-12-9(15-10)7(3)14-4/h7-8,11H,5-6H2,1-4H3. The lowest BCUT2D eigenvalue weighted by atomic mass is 10.2. The molecule has 0 aliphatic rings. The topological polar surface area (TPSA) is 60.2 Å². The largest absolute Gasteiger partial charge is 0.421 e. The normalized spacial score (nSPS) is 15.2. The third-order valence-electron chi connectivity index (χ3n) is 2.31. The van der Waals surface area contributed by atoms with Crippen molar-refractivity contribution < 1.29 is 9.15 Å². The first kappa shape index (κ1) is 12.1. The second-order valence-electron chi connectivity index (χ2n) is 3.37. The molecule has 15 heavy (non-hydrogen) atoms. The van der Waals surface area contributed by atoms with E-state index in [-0.39, 0.29) is 12.1 Å². The molecule has 0 bridgehead atoms. The van der Waals surface area contributed by atoms with Crippen molar-refractivity contribution in [3.8, 4) is 0 Å². The van der Waals surface area contributed by atoms with Crippen LogP contribution in [0.1, 0.15) is 51.1 Å². The molecular formula is C10H19N3O2. The average Bonchev–Trinajstić information content (AvgIpc) is 2.73. The molecule has 1 aromatic heterocycles. The highest BCUT2D eigenvalue weighted by molar-refractivity contribution is 4.91. The second-order valence-corrected chi connectivity index (χ2v) is 3.37. The summed E-state index contributed by atoms with van der Waals surface area (Å²) in [6.07, 6.45) is 0.780. The van der Waals surface area contributed by atoms with Crippen LogP contribution < -0.4 is 5.32 Å². The van der Waals surface area contributed by atoms with E-state index in [1.54, 1.807) is 7.11 Å². The summed E-state index contributed by atoms with van der Waals surface area (Å²) in [6, 6.07) is 0.139. The third kappa shape index (κ3) is 3.00. The van der Waals surface area contributed by atoms with Crippen molar-refractivity contribution in [3.63, 3.8) is 0 Å². The predicted octanol–water partition coefficient (Wildman–Crippen LogP) is 1.84. The first-order valence-corrected chi connectivity index (χ1v) is 5.32. The van der Waals surface area contributed by atoms with Gasteiger partial charge in [0.1, 0.15) is 6.10 Å². The van der Waals surface area contributed by atoms with Gasteiger partial charge in [-0.3, -0.25) is 0 Å². The molecule has 0 aromatic carbocycles. The number of hydrogen-bond acceptors (Lipinski definition) is 5. The summed E-state index contributed by atoms with van der Waals surface area (Å²) in [6.45, 7) is 6.90. The number of nitrogens with zero attached hydrogens (tertiary/aromatic N) is 2. The van der Waals surface area contributed by atoms with Crippen molar-refractivity contribution in [1.29, 1.82) is 0 Å². The fourth-order valence-electron chi connectivity index (χ4n) is 1.31. The van der Waals surface area contributed by atoms with Crippen molar-refractivity contribution in [2.45, 2.75) is 39.3 Å². The lowest BCUT2D eigenvalue weighted by Crippen LogP contribution is -2.20. The maximum absolute atomic E-state index is 5.53. The van der Waals surface area contributed by atoms with E-state index in [4.69, 9.17) is 9.15 Å². The lowest BCUT2D eigenvalue weighted by molar-refractivity contribution is 0.0927. The molecule has 5 heteroatoms. The molecule has 1 rings (SSSR count). The Hall–Kier alpha value is -0.940. The SMILES string of the molecule is CCNC(CC)c1nnc(C(C)OC)o1. The molecule has 0 aliphatic carbocycles. The number of methoxy groups -OCH3 is 1. The van der Waals surface area contributed by atoms with E-state index in [9.17, 15) is 0 Å². The van der Waals surface area contributed by atoms with Crippen LogP contribution >= 0.6 is 0 Å². The predicted molar refractivity (Wildman–Crippen MR) is 56.4 cm³/mol. The zero-order chi connectivity index (χ0) is 11.3. The minimum Gasteiger partial charge on any atom is -0.421 e. The van der Waals surface area contributed by atoms with Gasteiger partial charge >= 0.3 is 0 Å². The van der Waals surface area contributed by atoms with Crippen LogP contribution in [0.2, 0.25) is 0 Å². The van der Waals surface area contributed by atoms with Gasteiger partial charge in [0, 0.05) is 7.11 Å². The van der Waals surface area contributed by atoms with E-state index in [1.807, 2.05) is 6.92 Å². The van der Waals surface area contributed by atoms with Crippen LogP contribution in [0.3, 0.4) is 0 Å². The van der Waals surface area contributed by atoms with Gasteiger partial charge in [-0.25, -0.2) is 0 Å². The monoisotopic (exact) mass is 213 g/mol. The number of ether oxygens (including phenoxy) is 1. The van der Waals surface area contributed by atoms with Crippen molar-refractivity contribution in [2.24, 2.45) is 0 Å². The minimum atomic E-state index is -0.148. The van der Waals surface area contributed by atoms with Gasteiger partial charge in [-0.2, -0.15) is 0 Å². The van der Waals surface area contributed by atoms with E-state index >= 15 is 0 Å². The molecule has 0 spiro atoms. The Balaban J connectivity index is 2.72. The Morgan fingerprint density at radius 1 is 1.33 bits per heavy atom. The molecule has 0 radical (unpaired) electrons. The smallest absolute Gasteiger partial charge is 0.244 e. The van der Waals surface area contributed by atoms with Crippen LogP contribution in [0.15, 0.2) is 4.42 Å². The van der Waals surface area contributed by atoms with Crippen LogP contribution in [0.4, 0.5) is 0 Å². The Morgan fingerprint density at radius 3 is 2.53 bits per heavy atom. The molecule has 0 amide bonds. The molecule has 1 aromatic rings. The van der Waals surface area contributed by atoms with Gasteiger partial charge in [0.15, 0.2) is 0 Å². The second kappa shape index (κ2) is 5.82. The zero-order valence-corrected chi connectivity index (χ0v) is 9.78. The molecule has 1 heterocycles. The number of aromatic nitrogens is 2. The molecule has 2 atom stereocenters. The molecule has 0 aliphatic heterocycles. The summed E-state index contributed by atoms with van der Waals surface area (Å²) in [4.78, 5) is 0. The lowest BCUT2D eigenvalue weighted by Gasteiger charge is -2.10. The van der Waals surface area contributed by atoms with Gasteiger partial charge in [-0.15, -0.1) is 10.2 Å². The molecule has 2 unspecified atom stereocenters. The first-order valence-electron chi connectivity index (χ1n) is 5.32. The van der Waals surface area contributed by atoms with Crippen LogP contribution in [-0.4, -0.2) is 23.9 Å². The van der Waals surface area contributed by atoms with Crippen LogP contribution in [0.25, 0.3) is 0 Å². The van der Waals surface area contributed by atoms with Crippen LogP contribution in [-0.2, 0) is 4.74 Å². The first-order chi connectivity index (χ1) is 7.22. The maximum atomic E-state index is 5.53. The summed E-state index contributed by atoms with van der Waals surface area (Å²) in [5.41, 5.74) is 0. The molecule has 0 saturated heterocycles. The van der Waals surface area contributed by atoms with Gasteiger partial charge in [0.25, 0.3) is 0 Å². The highest BCUT2D eigenvalue weighted by Gasteiger charge is 2.18. The van der Waals surface area contributed by atoms with Gasteiger partial charge in [0.2, 0.25) is 11.8 Å². The highest BCUT2D eigenvalue weighted by atomic mass is 16.5. The molecule has 5 nitrogen and oxygen atoms in total. The van der Waals surface area contributed by atoms with Gasteiger partial charge in [0.05, 0.1) is 6.04 Å². The summed E-state index contributed by atoms with van der Waals surface area (Å²) in [5, 5.41) is 11.3.